The molecule has 0 aliphatic carbocycles. The van der Waals surface area contributed by atoms with Crippen LogP contribution in [0.4, 0.5) is 5.13 Å². The van der Waals surface area contributed by atoms with Crippen LogP contribution >= 0.6 is 23.1 Å². The maximum atomic E-state index is 12.5. The molecule has 8 heteroatoms. The molecule has 0 aliphatic heterocycles. The Morgan fingerprint density at radius 2 is 2.30 bits per heavy atom. The van der Waals surface area contributed by atoms with Crippen LogP contribution in [0.15, 0.2) is 28.9 Å². The SMILES string of the molecule is CCCC[C@H](c1cccnc1)N(C)C(=O)CSc1nnc(N)s1. The standard InChI is InChI=1S/C15H21N5OS2/c1-3-4-7-12(11-6-5-8-17-9-11)20(2)13(21)10-22-15-19-18-14(16)23-15/h5-6,8-9,12H,3-4,7,10H2,1-2H3,(H2,16,18)/t12-/m1/s1. The molecule has 0 saturated carbocycles. The summed E-state index contributed by atoms with van der Waals surface area (Å²) in [7, 11) is 1.85. The number of carbonyl (C=O) groups is 1. The molecule has 0 saturated heterocycles. The van der Waals surface area contributed by atoms with Gasteiger partial charge in [-0.25, -0.2) is 0 Å². The van der Waals surface area contributed by atoms with Gasteiger partial charge < -0.3 is 10.6 Å². The van der Waals surface area contributed by atoms with Crippen molar-refractivity contribution in [3.63, 3.8) is 0 Å². The Morgan fingerprint density at radius 1 is 1.48 bits per heavy atom. The van der Waals surface area contributed by atoms with E-state index in [0.29, 0.717) is 10.9 Å². The Labute approximate surface area is 144 Å². The van der Waals surface area contributed by atoms with Crippen molar-refractivity contribution in [1.82, 2.24) is 20.1 Å². The third-order valence-electron chi connectivity index (χ3n) is 3.50. The lowest BCUT2D eigenvalue weighted by atomic mass is 10.0. The van der Waals surface area contributed by atoms with E-state index >= 15 is 0 Å². The van der Waals surface area contributed by atoms with Crippen LogP contribution < -0.4 is 5.73 Å². The minimum absolute atomic E-state index is 0.0521. The number of aromatic nitrogens is 3. The first-order chi connectivity index (χ1) is 11.1. The van der Waals surface area contributed by atoms with Crippen LogP contribution in [0.3, 0.4) is 0 Å². The molecular formula is C15H21N5OS2. The normalized spacial score (nSPS) is 12.1. The number of thioether (sulfide) groups is 1. The molecule has 2 N–H and O–H groups in total. The molecule has 0 fully saturated rings. The Morgan fingerprint density at radius 3 is 2.91 bits per heavy atom. The van der Waals surface area contributed by atoms with E-state index < -0.39 is 0 Å². The smallest absolute Gasteiger partial charge is 0.233 e. The molecule has 1 amide bonds. The van der Waals surface area contributed by atoms with Gasteiger partial charge >= 0.3 is 0 Å². The fourth-order valence-corrected chi connectivity index (χ4v) is 3.79. The van der Waals surface area contributed by atoms with Gasteiger partial charge in [0.2, 0.25) is 11.0 Å². The van der Waals surface area contributed by atoms with Crippen LogP contribution in [0, 0.1) is 0 Å². The topological polar surface area (TPSA) is 85.0 Å². The van der Waals surface area contributed by atoms with Crippen LogP contribution in [0.2, 0.25) is 0 Å². The average Bonchev–Trinajstić information content (AvgIpc) is 2.99. The zero-order valence-corrected chi connectivity index (χ0v) is 14.9. The molecule has 0 unspecified atom stereocenters. The van der Waals surface area contributed by atoms with Gasteiger partial charge in [-0.3, -0.25) is 9.78 Å². The maximum Gasteiger partial charge on any atom is 0.233 e. The van der Waals surface area contributed by atoms with Gasteiger partial charge in [-0.1, -0.05) is 48.9 Å². The van der Waals surface area contributed by atoms with Crippen molar-refractivity contribution < 1.29 is 4.79 Å². The largest absolute Gasteiger partial charge is 0.374 e. The maximum absolute atomic E-state index is 12.5. The fraction of sp³-hybridized carbons (Fsp3) is 0.467. The number of nitrogen functional groups attached to an aromatic ring is 1. The summed E-state index contributed by atoms with van der Waals surface area (Å²) < 4.78 is 0.718. The van der Waals surface area contributed by atoms with Gasteiger partial charge in [0.05, 0.1) is 11.8 Å². The Hall–Kier alpha value is -1.67. The predicted octanol–water partition coefficient (Wildman–Crippen LogP) is 3.00. The number of unbranched alkanes of at least 4 members (excludes halogenated alkanes) is 1. The Bertz CT molecular complexity index is 619. The predicted molar refractivity (Wildman–Crippen MR) is 94.3 cm³/mol. The summed E-state index contributed by atoms with van der Waals surface area (Å²) in [5.41, 5.74) is 6.62. The summed E-state index contributed by atoms with van der Waals surface area (Å²) in [5, 5.41) is 8.10. The first kappa shape index (κ1) is 17.7. The minimum Gasteiger partial charge on any atom is -0.374 e. The molecule has 2 aromatic heterocycles. The number of amides is 1. The highest BCUT2D eigenvalue weighted by molar-refractivity contribution is 8.01. The van der Waals surface area contributed by atoms with Crippen molar-refractivity contribution in [3.05, 3.63) is 30.1 Å². The van der Waals surface area contributed by atoms with Crippen LogP contribution in [-0.4, -0.2) is 38.8 Å². The van der Waals surface area contributed by atoms with E-state index in [-0.39, 0.29) is 11.9 Å². The number of hydrogen-bond donors (Lipinski definition) is 1. The molecule has 2 rings (SSSR count). The van der Waals surface area contributed by atoms with Gasteiger partial charge in [0.1, 0.15) is 0 Å². The quantitative estimate of drug-likeness (QED) is 0.736. The Kier molecular flexibility index (Phi) is 6.79. The van der Waals surface area contributed by atoms with E-state index in [1.165, 1.54) is 23.1 Å². The van der Waals surface area contributed by atoms with E-state index in [1.54, 1.807) is 6.20 Å². The van der Waals surface area contributed by atoms with Crippen molar-refractivity contribution in [2.45, 2.75) is 36.6 Å². The zero-order chi connectivity index (χ0) is 16.7. The van der Waals surface area contributed by atoms with Crippen LogP contribution in [0.5, 0.6) is 0 Å². The van der Waals surface area contributed by atoms with Crippen molar-refractivity contribution in [2.75, 3.05) is 18.5 Å². The van der Waals surface area contributed by atoms with Crippen molar-refractivity contribution in [3.8, 4) is 0 Å². The zero-order valence-electron chi connectivity index (χ0n) is 13.3. The summed E-state index contributed by atoms with van der Waals surface area (Å²) in [6, 6.07) is 3.98. The highest BCUT2D eigenvalue weighted by Crippen LogP contribution is 2.27. The van der Waals surface area contributed by atoms with Crippen LogP contribution in [0.1, 0.15) is 37.8 Å². The molecule has 2 aromatic rings. The summed E-state index contributed by atoms with van der Waals surface area (Å²) in [4.78, 5) is 18.5. The molecule has 2 heterocycles. The lowest BCUT2D eigenvalue weighted by Gasteiger charge is -2.28. The second kappa shape index (κ2) is 8.83. The molecule has 0 spiro atoms. The molecule has 0 aliphatic rings. The first-order valence-corrected chi connectivity index (χ1v) is 9.29. The number of hydrogen-bond acceptors (Lipinski definition) is 7. The van der Waals surface area contributed by atoms with Gasteiger partial charge in [0, 0.05) is 19.4 Å². The summed E-state index contributed by atoms with van der Waals surface area (Å²) in [6.07, 6.45) is 6.68. The lowest BCUT2D eigenvalue weighted by Crippen LogP contribution is -2.32. The number of nitrogens with zero attached hydrogens (tertiary/aromatic N) is 4. The number of pyridine rings is 1. The van der Waals surface area contributed by atoms with Crippen LogP contribution in [-0.2, 0) is 4.79 Å². The average molecular weight is 352 g/mol. The van der Waals surface area contributed by atoms with E-state index in [9.17, 15) is 4.79 Å². The van der Waals surface area contributed by atoms with E-state index in [0.717, 1.165) is 29.2 Å². The Balaban J connectivity index is 2.00. The van der Waals surface area contributed by atoms with Gasteiger partial charge in [0.15, 0.2) is 4.34 Å². The molecule has 0 bridgehead atoms. The van der Waals surface area contributed by atoms with Crippen molar-refractivity contribution >= 4 is 34.1 Å². The second-order valence-electron chi connectivity index (χ2n) is 5.14. The lowest BCUT2D eigenvalue weighted by molar-refractivity contribution is -0.129. The monoisotopic (exact) mass is 351 g/mol. The fourth-order valence-electron chi connectivity index (χ4n) is 2.23. The third kappa shape index (κ3) is 5.18. The van der Waals surface area contributed by atoms with Crippen molar-refractivity contribution in [1.29, 1.82) is 0 Å². The van der Waals surface area contributed by atoms with E-state index in [1.807, 2.05) is 30.3 Å². The van der Waals surface area contributed by atoms with Gasteiger partial charge in [0.25, 0.3) is 0 Å². The molecule has 6 nitrogen and oxygen atoms in total. The van der Waals surface area contributed by atoms with Gasteiger partial charge in [-0.15, -0.1) is 10.2 Å². The molecule has 1 atom stereocenters. The van der Waals surface area contributed by atoms with E-state index in [4.69, 9.17) is 5.73 Å². The van der Waals surface area contributed by atoms with Gasteiger partial charge in [-0.2, -0.15) is 0 Å². The molecule has 23 heavy (non-hydrogen) atoms. The minimum atomic E-state index is 0.0521. The van der Waals surface area contributed by atoms with Crippen LogP contribution in [0.25, 0.3) is 0 Å². The molecule has 0 aromatic carbocycles. The highest BCUT2D eigenvalue weighted by Gasteiger charge is 2.21. The molecule has 0 radical (unpaired) electrons. The number of nitrogens with two attached hydrogens (primary N) is 1. The second-order valence-corrected chi connectivity index (χ2v) is 7.38. The summed E-state index contributed by atoms with van der Waals surface area (Å²) in [5.74, 6) is 0.391. The van der Waals surface area contributed by atoms with Gasteiger partial charge in [-0.05, 0) is 18.1 Å². The number of rotatable bonds is 8. The highest BCUT2D eigenvalue weighted by atomic mass is 32.2. The number of anilines is 1. The molecule has 124 valence electrons. The summed E-state index contributed by atoms with van der Waals surface area (Å²) >= 11 is 2.67. The number of carbonyl (C=O) groups excluding carboxylic acids is 1. The van der Waals surface area contributed by atoms with E-state index in [2.05, 4.69) is 22.1 Å². The summed E-state index contributed by atoms with van der Waals surface area (Å²) in [6.45, 7) is 2.15. The van der Waals surface area contributed by atoms with Crippen molar-refractivity contribution in [2.24, 2.45) is 0 Å². The first-order valence-electron chi connectivity index (χ1n) is 7.49. The molecular weight excluding hydrogens is 330 g/mol. The third-order valence-corrected chi connectivity index (χ3v) is 5.37.